The molecule has 24 aromatic rings. The summed E-state index contributed by atoms with van der Waals surface area (Å²) in [5.74, 6) is 5.69. The minimum atomic E-state index is 0.137. The van der Waals surface area contributed by atoms with Crippen LogP contribution in [0.15, 0.2) is 432 Å². The normalized spacial score (nSPS) is 14.7. The maximum atomic E-state index is 6.40. The number of rotatable bonds is 12. The first-order valence-corrected chi connectivity index (χ1v) is 52.0. The van der Waals surface area contributed by atoms with Crippen LogP contribution in [-0.2, 0) is 16.2 Å². The van der Waals surface area contributed by atoms with Gasteiger partial charge in [0, 0.05) is 93.1 Å². The van der Waals surface area contributed by atoms with Gasteiger partial charge in [-0.05, 0) is 193 Å². The molecule has 30 rings (SSSR count). The predicted molar refractivity (Wildman–Crippen MR) is 594 cm³/mol. The maximum absolute atomic E-state index is 6.40. The quantitative estimate of drug-likeness (QED) is 0.114. The standard InChI is InChI=1S/3C45H33N3O/c1-3-13-30(14-4-1)42-46-43(48-44(47-42)36-19-11-18-34-33-15-6-8-22-39(33)49-41(34)36)31-25-23-29(24-26-31)32-17-12-21-38-40(32)35-16-5-7-20-37(35)45(38)27-9-2-10-28-45;1-3-12-30(13-4-1)42-46-43(48-44(47-42)32-24-25-35-34-14-6-8-19-39(34)49-40(35)28-32)31-22-20-29(21-23-31)33-16-11-18-38-41(33)36-15-5-7-17-37(36)45(38)26-9-2-10-27-45;1-3-12-30(13-4-1)42-46-43(48-44(47-42)32-24-25-40-36(28-32)34-14-6-8-19-39(34)49-40)31-22-20-29(21-23-31)33-16-11-18-38-41(33)35-15-5-7-17-37(35)45(38)26-9-2-10-27-45/h1,3-8,11-26H,2,9-10,27-28H2;2*1,3-8,11-25,28H,2,9-10,26-27H2. The van der Waals surface area contributed by atoms with E-state index in [1.807, 2.05) is 176 Å². The summed E-state index contributed by atoms with van der Waals surface area (Å²) in [5, 5.41) is 6.44. The van der Waals surface area contributed by atoms with Crippen LogP contribution in [0.4, 0.5) is 0 Å². The Kier molecular flexibility index (Phi) is 21.4. The number of fused-ring (bicyclic) bond motifs is 24. The van der Waals surface area contributed by atoms with E-state index in [0.29, 0.717) is 52.4 Å². The second-order valence-corrected chi connectivity index (χ2v) is 40.4. The van der Waals surface area contributed by atoms with Crippen molar-refractivity contribution in [1.29, 1.82) is 0 Å². The first-order valence-electron chi connectivity index (χ1n) is 52.0. The monoisotopic (exact) mass is 1890 g/mol. The molecule has 0 unspecified atom stereocenters. The lowest BCUT2D eigenvalue weighted by Gasteiger charge is -2.36. The number of nitrogens with zero attached hydrogens (tertiary/aromatic N) is 9. The zero-order valence-corrected chi connectivity index (χ0v) is 81.2. The Morgan fingerprint density at radius 2 is 0.401 bits per heavy atom. The van der Waals surface area contributed by atoms with Gasteiger partial charge in [0.2, 0.25) is 0 Å². The maximum Gasteiger partial charge on any atom is 0.167 e. The molecule has 12 heteroatoms. The molecule has 6 aliphatic rings. The van der Waals surface area contributed by atoms with Crippen LogP contribution in [-0.4, -0.2) is 44.9 Å². The summed E-state index contributed by atoms with van der Waals surface area (Å²) in [4.78, 5) is 45.2. The molecular weight excluding hydrogens is 1800 g/mol. The third-order valence-corrected chi connectivity index (χ3v) is 32.3. The van der Waals surface area contributed by atoms with E-state index in [4.69, 9.17) is 58.1 Å². The van der Waals surface area contributed by atoms with Crippen molar-refractivity contribution in [2.45, 2.75) is 113 Å². The largest absolute Gasteiger partial charge is 0.456 e. The van der Waals surface area contributed by atoms with Crippen LogP contribution in [0.2, 0.25) is 0 Å². The average molecular weight is 1900 g/mol. The highest BCUT2D eigenvalue weighted by atomic mass is 16.3. The van der Waals surface area contributed by atoms with Crippen molar-refractivity contribution < 1.29 is 13.3 Å². The first-order chi connectivity index (χ1) is 72.8. The number of hydrogen-bond acceptors (Lipinski definition) is 12. The second-order valence-electron chi connectivity index (χ2n) is 40.4. The lowest BCUT2D eigenvalue weighted by molar-refractivity contribution is 0.353. The fourth-order valence-corrected chi connectivity index (χ4v) is 25.4. The summed E-state index contributed by atoms with van der Waals surface area (Å²) in [6.07, 6.45) is 19.1. The van der Waals surface area contributed by atoms with Gasteiger partial charge in [-0.15, -0.1) is 0 Å². The number of aromatic nitrogens is 9. The summed E-state index contributed by atoms with van der Waals surface area (Å²) in [6.45, 7) is 0. The van der Waals surface area contributed by atoms with Gasteiger partial charge in [-0.2, -0.15) is 0 Å². The van der Waals surface area contributed by atoms with Crippen molar-refractivity contribution in [3.63, 3.8) is 0 Å². The van der Waals surface area contributed by atoms with Gasteiger partial charge in [0.05, 0.1) is 5.56 Å². The molecule has 6 heterocycles. The van der Waals surface area contributed by atoms with E-state index in [9.17, 15) is 0 Å². The van der Waals surface area contributed by atoms with Crippen LogP contribution in [0.1, 0.15) is 130 Å². The molecule has 0 saturated heterocycles. The van der Waals surface area contributed by atoms with Crippen LogP contribution in [0.3, 0.4) is 0 Å². The summed E-state index contributed by atoms with van der Waals surface area (Å²) >= 11 is 0. The third kappa shape index (κ3) is 14.9. The Balaban J connectivity index is 0.000000107. The van der Waals surface area contributed by atoms with Crippen molar-refractivity contribution in [2.75, 3.05) is 0 Å². The highest BCUT2D eigenvalue weighted by molar-refractivity contribution is 6.10. The first kappa shape index (κ1) is 87.2. The van der Waals surface area contributed by atoms with Crippen molar-refractivity contribution in [3.05, 3.63) is 452 Å². The molecular formula is C135H99N9O3. The van der Waals surface area contributed by atoms with Gasteiger partial charge in [-0.25, -0.2) is 44.9 Å². The molecule has 0 atom stereocenters. The molecule has 12 nitrogen and oxygen atoms in total. The Hall–Kier alpha value is -17.6. The summed E-state index contributed by atoms with van der Waals surface area (Å²) in [6, 6.07) is 148. The molecule has 0 bridgehead atoms. The van der Waals surface area contributed by atoms with E-state index in [0.717, 1.165) is 116 Å². The van der Waals surface area contributed by atoms with Gasteiger partial charge in [-0.3, -0.25) is 0 Å². The van der Waals surface area contributed by atoms with E-state index in [-0.39, 0.29) is 16.2 Å². The SMILES string of the molecule is c1ccc(-c2nc(-c3ccc(-c4cccc5c4-c4ccccc4C54CCCCC4)cc3)nc(-c3ccc4c(c3)oc3ccccc34)n2)cc1.c1ccc(-c2nc(-c3ccc(-c4cccc5c4-c4ccccc4C54CCCCC4)cc3)nc(-c3ccc4oc5ccccc5c4c3)n2)cc1.c1ccc(-c2nc(-c3ccc(-c4cccc5c4-c4ccccc4C54CCCCC4)cc3)nc(-c3cccc4c3oc3ccccc34)n2)cc1. The van der Waals surface area contributed by atoms with Crippen LogP contribution in [0, 0.1) is 0 Å². The smallest absolute Gasteiger partial charge is 0.167 e. The molecule has 0 radical (unpaired) electrons. The van der Waals surface area contributed by atoms with Gasteiger partial charge in [0.25, 0.3) is 0 Å². The highest BCUT2D eigenvalue weighted by Crippen LogP contribution is 2.62. The zero-order chi connectivity index (χ0) is 97.1. The summed E-state index contributed by atoms with van der Waals surface area (Å²) in [7, 11) is 0. The molecule has 0 aliphatic heterocycles. The fraction of sp³-hybridized carbons (Fsp3) is 0.133. The molecule has 0 amide bonds. The minimum absolute atomic E-state index is 0.137. The highest BCUT2D eigenvalue weighted by Gasteiger charge is 2.48. The topological polar surface area (TPSA) is 155 Å². The van der Waals surface area contributed by atoms with E-state index in [1.165, 1.54) is 196 Å². The van der Waals surface area contributed by atoms with E-state index in [1.54, 1.807) is 0 Å². The lowest BCUT2D eigenvalue weighted by Crippen LogP contribution is -2.27. The van der Waals surface area contributed by atoms with Crippen LogP contribution >= 0.6 is 0 Å². The molecule has 6 aliphatic carbocycles. The Morgan fingerprint density at radius 1 is 0.150 bits per heavy atom. The Labute approximate surface area is 851 Å². The summed E-state index contributed by atoms with van der Waals surface area (Å²) in [5.41, 5.74) is 38.8. The zero-order valence-electron chi connectivity index (χ0n) is 81.2. The van der Waals surface area contributed by atoms with E-state index >= 15 is 0 Å². The van der Waals surface area contributed by atoms with Gasteiger partial charge < -0.3 is 13.3 Å². The minimum Gasteiger partial charge on any atom is -0.456 e. The van der Waals surface area contributed by atoms with Gasteiger partial charge >= 0.3 is 0 Å². The van der Waals surface area contributed by atoms with Gasteiger partial charge in [-0.1, -0.05) is 422 Å². The summed E-state index contributed by atoms with van der Waals surface area (Å²) < 4.78 is 18.7. The number of benzene rings is 18. The number of furan rings is 3. The van der Waals surface area contributed by atoms with Crippen molar-refractivity contribution in [2.24, 2.45) is 0 Å². The number of para-hydroxylation sites is 4. The molecule has 3 saturated carbocycles. The molecule has 3 fully saturated rings. The van der Waals surface area contributed by atoms with Crippen molar-refractivity contribution >= 4 is 65.8 Å². The molecule has 3 spiro atoms. The third-order valence-electron chi connectivity index (χ3n) is 32.3. The Bertz CT molecular complexity index is 9260. The van der Waals surface area contributed by atoms with Gasteiger partial charge in [0.15, 0.2) is 52.4 Å². The lowest BCUT2D eigenvalue weighted by atomic mass is 9.68. The molecule has 147 heavy (non-hydrogen) atoms. The van der Waals surface area contributed by atoms with E-state index in [2.05, 4.69) is 243 Å². The molecule has 702 valence electrons. The van der Waals surface area contributed by atoms with Crippen LogP contribution < -0.4 is 0 Å². The second kappa shape index (κ2) is 36.1. The predicted octanol–water partition coefficient (Wildman–Crippen LogP) is 35.0. The Morgan fingerprint density at radius 3 is 0.803 bits per heavy atom. The van der Waals surface area contributed by atoms with E-state index < -0.39 is 0 Å². The van der Waals surface area contributed by atoms with Crippen molar-refractivity contribution in [1.82, 2.24) is 44.9 Å². The average Bonchev–Trinajstić information content (AvgIpc) is 1.56. The molecule has 18 aromatic carbocycles. The number of hydrogen-bond donors (Lipinski definition) is 0. The van der Waals surface area contributed by atoms with Crippen LogP contribution in [0.25, 0.3) is 235 Å². The molecule has 0 N–H and O–H groups in total. The molecule has 6 aromatic heterocycles. The fourth-order valence-electron chi connectivity index (χ4n) is 25.4. The van der Waals surface area contributed by atoms with Crippen LogP contribution in [0.5, 0.6) is 0 Å². The van der Waals surface area contributed by atoms with Crippen molar-refractivity contribution in [3.8, 4) is 169 Å². The van der Waals surface area contributed by atoms with Gasteiger partial charge in [0.1, 0.15) is 33.5 Å².